The lowest BCUT2D eigenvalue weighted by Crippen LogP contribution is -2.39. The predicted octanol–water partition coefficient (Wildman–Crippen LogP) is 2.97. The lowest BCUT2D eigenvalue weighted by molar-refractivity contribution is 0.0368. The molecule has 1 saturated carbocycles. The molecule has 2 heteroatoms. The first-order valence-corrected chi connectivity index (χ1v) is 6.45. The zero-order chi connectivity index (χ0) is 11.3. The molecule has 2 unspecified atom stereocenters. The maximum absolute atomic E-state index is 5.71. The first-order valence-electron chi connectivity index (χ1n) is 6.45. The number of hydrogen-bond donors (Lipinski definition) is 1. The minimum Gasteiger partial charge on any atom is -0.379 e. The third-order valence-electron chi connectivity index (χ3n) is 3.02. The Morgan fingerprint density at radius 2 is 1.93 bits per heavy atom. The second-order valence-electron chi connectivity index (χ2n) is 5.43. The van der Waals surface area contributed by atoms with Crippen molar-refractivity contribution in [3.63, 3.8) is 0 Å². The first-order chi connectivity index (χ1) is 7.08. The normalized spacial score (nSPS) is 27.6. The monoisotopic (exact) mass is 213 g/mol. The average molecular weight is 213 g/mol. The van der Waals surface area contributed by atoms with Gasteiger partial charge in [0, 0.05) is 18.7 Å². The SMILES string of the molecule is CC(C)NC1CCCC(COC(C)C)C1. The van der Waals surface area contributed by atoms with Gasteiger partial charge >= 0.3 is 0 Å². The maximum atomic E-state index is 5.71. The molecule has 1 rings (SSSR count). The van der Waals surface area contributed by atoms with E-state index in [4.69, 9.17) is 4.74 Å². The van der Waals surface area contributed by atoms with E-state index < -0.39 is 0 Å². The quantitative estimate of drug-likeness (QED) is 0.758. The van der Waals surface area contributed by atoms with Crippen LogP contribution in [0.5, 0.6) is 0 Å². The van der Waals surface area contributed by atoms with Crippen LogP contribution < -0.4 is 5.32 Å². The van der Waals surface area contributed by atoms with Crippen molar-refractivity contribution in [1.29, 1.82) is 0 Å². The predicted molar refractivity (Wildman–Crippen MR) is 65.1 cm³/mol. The summed E-state index contributed by atoms with van der Waals surface area (Å²) in [5.41, 5.74) is 0. The summed E-state index contributed by atoms with van der Waals surface area (Å²) in [6, 6.07) is 1.33. The van der Waals surface area contributed by atoms with E-state index in [1.807, 2.05) is 0 Å². The van der Waals surface area contributed by atoms with Crippen molar-refractivity contribution in [1.82, 2.24) is 5.32 Å². The Morgan fingerprint density at radius 3 is 2.53 bits per heavy atom. The fraction of sp³-hybridized carbons (Fsp3) is 1.00. The Balaban J connectivity index is 2.23. The van der Waals surface area contributed by atoms with Gasteiger partial charge in [0.15, 0.2) is 0 Å². The Kier molecular flexibility index (Phi) is 5.62. The van der Waals surface area contributed by atoms with Crippen molar-refractivity contribution >= 4 is 0 Å². The highest BCUT2D eigenvalue weighted by Gasteiger charge is 2.22. The van der Waals surface area contributed by atoms with Gasteiger partial charge in [-0.1, -0.05) is 20.3 Å². The van der Waals surface area contributed by atoms with Crippen LogP contribution in [0, 0.1) is 5.92 Å². The molecule has 1 N–H and O–H groups in total. The Labute approximate surface area is 94.8 Å². The summed E-state index contributed by atoms with van der Waals surface area (Å²) in [6.07, 6.45) is 5.73. The fourth-order valence-corrected chi connectivity index (χ4v) is 2.39. The highest BCUT2D eigenvalue weighted by Crippen LogP contribution is 2.25. The van der Waals surface area contributed by atoms with Crippen LogP contribution in [0.15, 0.2) is 0 Å². The topological polar surface area (TPSA) is 21.3 Å². The average Bonchev–Trinajstić information content (AvgIpc) is 2.14. The number of rotatable bonds is 5. The van der Waals surface area contributed by atoms with E-state index in [0.717, 1.165) is 18.6 Å². The summed E-state index contributed by atoms with van der Waals surface area (Å²) in [7, 11) is 0. The van der Waals surface area contributed by atoms with E-state index in [2.05, 4.69) is 33.0 Å². The Morgan fingerprint density at radius 1 is 1.20 bits per heavy atom. The third kappa shape index (κ3) is 5.53. The second-order valence-corrected chi connectivity index (χ2v) is 5.43. The number of hydrogen-bond acceptors (Lipinski definition) is 2. The summed E-state index contributed by atoms with van der Waals surface area (Å²) < 4.78 is 5.71. The van der Waals surface area contributed by atoms with Gasteiger partial charge in [-0.15, -0.1) is 0 Å². The van der Waals surface area contributed by atoms with Crippen molar-refractivity contribution in [2.45, 2.75) is 71.6 Å². The molecule has 0 radical (unpaired) electrons. The van der Waals surface area contributed by atoms with Crippen LogP contribution in [0.4, 0.5) is 0 Å². The van der Waals surface area contributed by atoms with E-state index in [9.17, 15) is 0 Å². The molecule has 0 saturated heterocycles. The van der Waals surface area contributed by atoms with Gasteiger partial charge < -0.3 is 10.1 Å². The molecule has 0 aromatic rings. The van der Waals surface area contributed by atoms with Crippen molar-refractivity contribution in [3.8, 4) is 0 Å². The molecule has 1 aliphatic rings. The smallest absolute Gasteiger partial charge is 0.0519 e. The van der Waals surface area contributed by atoms with Crippen LogP contribution in [-0.4, -0.2) is 24.8 Å². The minimum absolute atomic E-state index is 0.378. The molecule has 2 nitrogen and oxygen atoms in total. The Hall–Kier alpha value is -0.0800. The van der Waals surface area contributed by atoms with E-state index in [0.29, 0.717) is 12.1 Å². The molecule has 0 aromatic heterocycles. The molecular weight excluding hydrogens is 186 g/mol. The lowest BCUT2D eigenvalue weighted by Gasteiger charge is -2.31. The van der Waals surface area contributed by atoms with Crippen LogP contribution >= 0.6 is 0 Å². The van der Waals surface area contributed by atoms with E-state index in [1.54, 1.807) is 0 Å². The molecule has 0 amide bonds. The van der Waals surface area contributed by atoms with Gasteiger partial charge in [-0.2, -0.15) is 0 Å². The molecule has 1 aliphatic carbocycles. The molecule has 0 aliphatic heterocycles. The largest absolute Gasteiger partial charge is 0.379 e. The zero-order valence-corrected chi connectivity index (χ0v) is 10.8. The van der Waals surface area contributed by atoms with Gasteiger partial charge in [0.25, 0.3) is 0 Å². The molecule has 0 heterocycles. The summed E-state index contributed by atoms with van der Waals surface area (Å²) in [6.45, 7) is 9.65. The van der Waals surface area contributed by atoms with Crippen LogP contribution in [0.2, 0.25) is 0 Å². The van der Waals surface area contributed by atoms with Crippen LogP contribution in [-0.2, 0) is 4.74 Å². The Bertz CT molecular complexity index is 168. The van der Waals surface area contributed by atoms with Gasteiger partial charge in [-0.25, -0.2) is 0 Å². The first kappa shape index (κ1) is 13.0. The molecule has 0 spiro atoms. The van der Waals surface area contributed by atoms with Gasteiger partial charge in [0.2, 0.25) is 0 Å². The van der Waals surface area contributed by atoms with Crippen molar-refractivity contribution < 1.29 is 4.74 Å². The van der Waals surface area contributed by atoms with Crippen molar-refractivity contribution in [3.05, 3.63) is 0 Å². The van der Waals surface area contributed by atoms with Crippen molar-refractivity contribution in [2.24, 2.45) is 5.92 Å². The third-order valence-corrected chi connectivity index (χ3v) is 3.02. The van der Waals surface area contributed by atoms with Gasteiger partial charge in [0.1, 0.15) is 0 Å². The molecule has 0 aromatic carbocycles. The van der Waals surface area contributed by atoms with E-state index in [1.165, 1.54) is 25.7 Å². The molecular formula is C13H27NO. The number of nitrogens with one attached hydrogen (secondary N) is 1. The van der Waals surface area contributed by atoms with Gasteiger partial charge in [-0.3, -0.25) is 0 Å². The van der Waals surface area contributed by atoms with E-state index >= 15 is 0 Å². The standard InChI is InChI=1S/C13H27NO/c1-10(2)14-13-7-5-6-12(8-13)9-15-11(3)4/h10-14H,5-9H2,1-4H3. The zero-order valence-electron chi connectivity index (χ0n) is 10.8. The highest BCUT2D eigenvalue weighted by atomic mass is 16.5. The number of ether oxygens (including phenoxy) is 1. The highest BCUT2D eigenvalue weighted by molar-refractivity contribution is 4.79. The maximum Gasteiger partial charge on any atom is 0.0519 e. The summed E-state index contributed by atoms with van der Waals surface area (Å²) in [4.78, 5) is 0. The molecule has 15 heavy (non-hydrogen) atoms. The van der Waals surface area contributed by atoms with Crippen LogP contribution in [0.25, 0.3) is 0 Å². The van der Waals surface area contributed by atoms with Crippen molar-refractivity contribution in [2.75, 3.05) is 6.61 Å². The van der Waals surface area contributed by atoms with E-state index in [-0.39, 0.29) is 0 Å². The summed E-state index contributed by atoms with van der Waals surface area (Å²) in [5, 5.41) is 3.64. The lowest BCUT2D eigenvalue weighted by atomic mass is 9.86. The summed E-state index contributed by atoms with van der Waals surface area (Å²) in [5.74, 6) is 0.775. The fourth-order valence-electron chi connectivity index (χ4n) is 2.39. The second kappa shape index (κ2) is 6.49. The molecule has 1 fully saturated rings. The van der Waals surface area contributed by atoms with Gasteiger partial charge in [0.05, 0.1) is 6.10 Å². The summed E-state index contributed by atoms with van der Waals surface area (Å²) >= 11 is 0. The molecule has 90 valence electrons. The molecule has 2 atom stereocenters. The van der Waals surface area contributed by atoms with Gasteiger partial charge in [-0.05, 0) is 39.0 Å². The molecule has 0 bridgehead atoms. The van der Waals surface area contributed by atoms with Crippen LogP contribution in [0.3, 0.4) is 0 Å². The minimum atomic E-state index is 0.378. The van der Waals surface area contributed by atoms with Crippen LogP contribution in [0.1, 0.15) is 53.4 Å².